The number of anilines is 1. The normalized spacial score (nSPS) is 14.9. The lowest BCUT2D eigenvalue weighted by Crippen LogP contribution is -2.46. The third-order valence-corrected chi connectivity index (χ3v) is 5.10. The van der Waals surface area contributed by atoms with Crippen LogP contribution in [-0.2, 0) is 6.54 Å². The number of aromatic nitrogens is 4. The molecule has 1 fully saturated rings. The molecule has 1 aromatic carbocycles. The van der Waals surface area contributed by atoms with Crippen LogP contribution in [0, 0.1) is 24.0 Å². The molecule has 0 spiro atoms. The summed E-state index contributed by atoms with van der Waals surface area (Å²) in [6.07, 6.45) is 1.38. The Morgan fingerprint density at radius 1 is 1.03 bits per heavy atom. The van der Waals surface area contributed by atoms with Gasteiger partial charge in [0.1, 0.15) is 6.33 Å². The van der Waals surface area contributed by atoms with Crippen molar-refractivity contribution >= 4 is 11.5 Å². The summed E-state index contributed by atoms with van der Waals surface area (Å²) in [4.78, 5) is 24.3. The van der Waals surface area contributed by atoms with Gasteiger partial charge in [-0.2, -0.15) is 5.10 Å². The minimum absolute atomic E-state index is 0.102. The lowest BCUT2D eigenvalue weighted by molar-refractivity contribution is -0.384. The number of hydrogen-bond acceptors (Lipinski definition) is 7. The van der Waals surface area contributed by atoms with Crippen molar-refractivity contribution in [3.8, 4) is 5.82 Å². The molecule has 1 saturated heterocycles. The molecule has 0 amide bonds. The topological polar surface area (TPSA) is 93.2 Å². The van der Waals surface area contributed by atoms with Gasteiger partial charge in [0.05, 0.1) is 10.6 Å². The SMILES string of the molecule is Cc1cc(C)n(-c2ncnc(N3CCN(Cc4ccccc4)CC3)c2[N+](=O)[O-])n1. The predicted octanol–water partition coefficient (Wildman–Crippen LogP) is 2.51. The highest BCUT2D eigenvalue weighted by Crippen LogP contribution is 2.31. The van der Waals surface area contributed by atoms with E-state index < -0.39 is 4.92 Å². The summed E-state index contributed by atoms with van der Waals surface area (Å²) in [6.45, 7) is 7.54. The Labute approximate surface area is 168 Å². The van der Waals surface area contributed by atoms with E-state index in [4.69, 9.17) is 0 Å². The first-order valence-corrected chi connectivity index (χ1v) is 9.57. The van der Waals surface area contributed by atoms with Crippen molar-refractivity contribution in [2.75, 3.05) is 31.1 Å². The van der Waals surface area contributed by atoms with Gasteiger partial charge in [0.2, 0.25) is 11.6 Å². The molecule has 3 heterocycles. The van der Waals surface area contributed by atoms with Crippen molar-refractivity contribution in [1.29, 1.82) is 0 Å². The molecule has 1 aliphatic rings. The van der Waals surface area contributed by atoms with Crippen LogP contribution >= 0.6 is 0 Å². The Balaban J connectivity index is 1.57. The molecule has 9 heteroatoms. The number of aryl methyl sites for hydroxylation is 2. The second-order valence-electron chi connectivity index (χ2n) is 7.21. The number of nitrogens with zero attached hydrogens (tertiary/aromatic N) is 7. The fourth-order valence-corrected chi connectivity index (χ4v) is 3.71. The van der Waals surface area contributed by atoms with Crippen molar-refractivity contribution in [3.63, 3.8) is 0 Å². The van der Waals surface area contributed by atoms with Gasteiger partial charge in [-0.25, -0.2) is 14.6 Å². The molecule has 0 radical (unpaired) electrons. The fraction of sp³-hybridized carbons (Fsp3) is 0.350. The highest BCUT2D eigenvalue weighted by molar-refractivity contribution is 5.65. The van der Waals surface area contributed by atoms with Gasteiger partial charge in [0.15, 0.2) is 0 Å². The van der Waals surface area contributed by atoms with Crippen molar-refractivity contribution in [1.82, 2.24) is 24.6 Å². The Bertz CT molecular complexity index is 1010. The Morgan fingerprint density at radius 3 is 2.34 bits per heavy atom. The van der Waals surface area contributed by atoms with Gasteiger partial charge in [-0.1, -0.05) is 30.3 Å². The second-order valence-corrected chi connectivity index (χ2v) is 7.21. The van der Waals surface area contributed by atoms with Crippen LogP contribution in [0.25, 0.3) is 5.82 Å². The van der Waals surface area contributed by atoms with Crippen LogP contribution in [0.4, 0.5) is 11.5 Å². The standard InChI is InChI=1S/C20H23N7O2/c1-15-12-16(2)26(23-15)20-18(27(28)29)19(21-14-22-20)25-10-8-24(9-11-25)13-17-6-4-3-5-7-17/h3-7,12,14H,8-11,13H2,1-2H3. The molecule has 29 heavy (non-hydrogen) atoms. The first-order valence-electron chi connectivity index (χ1n) is 9.57. The number of hydrogen-bond donors (Lipinski definition) is 0. The molecule has 0 saturated carbocycles. The molecule has 2 aromatic heterocycles. The Morgan fingerprint density at radius 2 is 1.72 bits per heavy atom. The summed E-state index contributed by atoms with van der Waals surface area (Å²) in [5, 5.41) is 16.3. The number of nitro groups is 1. The minimum Gasteiger partial charge on any atom is -0.348 e. The second kappa shape index (κ2) is 7.96. The Kier molecular flexibility index (Phi) is 5.22. The summed E-state index contributed by atoms with van der Waals surface area (Å²) < 4.78 is 1.52. The van der Waals surface area contributed by atoms with E-state index in [2.05, 4.69) is 32.1 Å². The highest BCUT2D eigenvalue weighted by Gasteiger charge is 2.30. The number of piperazine rings is 1. The van der Waals surface area contributed by atoms with E-state index in [0.29, 0.717) is 18.9 Å². The quantitative estimate of drug-likeness (QED) is 0.486. The molecule has 0 bridgehead atoms. The lowest BCUT2D eigenvalue weighted by Gasteiger charge is -2.35. The number of benzene rings is 1. The van der Waals surface area contributed by atoms with Crippen LogP contribution in [0.2, 0.25) is 0 Å². The molecule has 0 atom stereocenters. The van der Waals surface area contributed by atoms with E-state index in [9.17, 15) is 10.1 Å². The maximum absolute atomic E-state index is 11.9. The first kappa shape index (κ1) is 19.0. The fourth-order valence-electron chi connectivity index (χ4n) is 3.71. The molecule has 9 nitrogen and oxygen atoms in total. The van der Waals surface area contributed by atoms with Gasteiger partial charge >= 0.3 is 5.69 Å². The average Bonchev–Trinajstić information content (AvgIpc) is 3.06. The first-order chi connectivity index (χ1) is 14.0. The van der Waals surface area contributed by atoms with Gasteiger partial charge in [-0.05, 0) is 25.5 Å². The molecule has 0 N–H and O–H groups in total. The summed E-state index contributed by atoms with van der Waals surface area (Å²) >= 11 is 0. The zero-order chi connectivity index (χ0) is 20.4. The number of rotatable bonds is 5. The van der Waals surface area contributed by atoms with Gasteiger partial charge in [0.25, 0.3) is 0 Å². The third-order valence-electron chi connectivity index (χ3n) is 5.10. The summed E-state index contributed by atoms with van der Waals surface area (Å²) in [7, 11) is 0. The van der Waals surface area contributed by atoms with Crippen LogP contribution in [0.1, 0.15) is 17.0 Å². The molecule has 150 valence electrons. The molecule has 3 aromatic rings. The van der Waals surface area contributed by atoms with E-state index in [1.165, 1.54) is 16.6 Å². The van der Waals surface area contributed by atoms with E-state index in [0.717, 1.165) is 31.0 Å². The van der Waals surface area contributed by atoms with Gasteiger partial charge in [0, 0.05) is 38.4 Å². The third kappa shape index (κ3) is 3.95. The summed E-state index contributed by atoms with van der Waals surface area (Å²) in [5.74, 6) is 0.559. The van der Waals surface area contributed by atoms with Crippen LogP contribution < -0.4 is 4.90 Å². The maximum atomic E-state index is 11.9. The van der Waals surface area contributed by atoms with Crippen LogP contribution in [0.15, 0.2) is 42.7 Å². The molecular formula is C20H23N7O2. The zero-order valence-electron chi connectivity index (χ0n) is 16.5. The van der Waals surface area contributed by atoms with Crippen molar-refractivity contribution < 1.29 is 4.92 Å². The molecule has 0 aliphatic carbocycles. The van der Waals surface area contributed by atoms with Gasteiger partial charge in [-0.3, -0.25) is 15.0 Å². The molecular weight excluding hydrogens is 370 g/mol. The smallest absolute Gasteiger partial charge is 0.348 e. The maximum Gasteiger partial charge on any atom is 0.355 e. The Hall–Kier alpha value is -3.33. The van der Waals surface area contributed by atoms with E-state index in [1.807, 2.05) is 43.0 Å². The average molecular weight is 393 g/mol. The molecule has 0 unspecified atom stereocenters. The van der Waals surface area contributed by atoms with E-state index in [-0.39, 0.29) is 11.5 Å². The summed E-state index contributed by atoms with van der Waals surface area (Å²) in [6, 6.07) is 12.2. The monoisotopic (exact) mass is 393 g/mol. The predicted molar refractivity (Wildman–Crippen MR) is 109 cm³/mol. The largest absolute Gasteiger partial charge is 0.355 e. The zero-order valence-corrected chi connectivity index (χ0v) is 16.5. The van der Waals surface area contributed by atoms with Crippen molar-refractivity contribution in [3.05, 3.63) is 69.8 Å². The lowest BCUT2D eigenvalue weighted by atomic mass is 10.2. The van der Waals surface area contributed by atoms with E-state index >= 15 is 0 Å². The molecule has 1 aliphatic heterocycles. The van der Waals surface area contributed by atoms with Crippen molar-refractivity contribution in [2.24, 2.45) is 0 Å². The highest BCUT2D eigenvalue weighted by atomic mass is 16.6. The van der Waals surface area contributed by atoms with Crippen LogP contribution in [0.3, 0.4) is 0 Å². The van der Waals surface area contributed by atoms with Crippen molar-refractivity contribution in [2.45, 2.75) is 20.4 Å². The van der Waals surface area contributed by atoms with Crippen LogP contribution in [0.5, 0.6) is 0 Å². The van der Waals surface area contributed by atoms with Gasteiger partial charge in [-0.15, -0.1) is 0 Å². The van der Waals surface area contributed by atoms with E-state index in [1.54, 1.807) is 0 Å². The van der Waals surface area contributed by atoms with Crippen LogP contribution in [-0.4, -0.2) is 55.8 Å². The summed E-state index contributed by atoms with van der Waals surface area (Å²) in [5.41, 5.74) is 2.74. The van der Waals surface area contributed by atoms with Gasteiger partial charge < -0.3 is 4.90 Å². The minimum atomic E-state index is -0.405. The molecule has 4 rings (SSSR count).